The lowest BCUT2D eigenvalue weighted by Gasteiger charge is -1.96. The molecule has 0 aliphatic rings. The number of ether oxygens (including phenoxy) is 1. The molecule has 0 unspecified atom stereocenters. The van der Waals surface area contributed by atoms with Crippen molar-refractivity contribution in [2.45, 2.75) is 27.7 Å². The highest BCUT2D eigenvalue weighted by atomic mass is 16.5. The third-order valence-corrected chi connectivity index (χ3v) is 0.626. The largest absolute Gasteiger partial charge is 0.481 e. The summed E-state index contributed by atoms with van der Waals surface area (Å²) in [7, 11) is 0. The number of nitrogens with zero attached hydrogens (tertiary/aromatic N) is 1. The molecular formula is C8H17NO. The second-order valence-electron chi connectivity index (χ2n) is 1.26. The van der Waals surface area contributed by atoms with Gasteiger partial charge < -0.3 is 4.74 Å². The maximum Gasteiger partial charge on any atom is 0.184 e. The minimum absolute atomic E-state index is 0.669. The fraction of sp³-hybridized carbons (Fsp3) is 0.625. The van der Waals surface area contributed by atoms with Crippen LogP contribution >= 0.6 is 0 Å². The zero-order chi connectivity index (χ0) is 8.41. The molecule has 60 valence electrons. The molecule has 2 heteroatoms. The molecule has 0 fully saturated rings. The maximum absolute atomic E-state index is 4.96. The van der Waals surface area contributed by atoms with Crippen molar-refractivity contribution in [3.8, 4) is 0 Å². The van der Waals surface area contributed by atoms with E-state index in [9.17, 15) is 0 Å². The van der Waals surface area contributed by atoms with Gasteiger partial charge in [0.1, 0.15) is 0 Å². The van der Waals surface area contributed by atoms with E-state index >= 15 is 0 Å². The Morgan fingerprint density at radius 1 is 1.60 bits per heavy atom. The topological polar surface area (TPSA) is 21.6 Å². The fourth-order valence-electron chi connectivity index (χ4n) is 0.375. The summed E-state index contributed by atoms with van der Waals surface area (Å²) in [5.74, 6) is 0.669. The standard InChI is InChI=1S/C6H11NO.C2H6/c1-4-7-6(3)8-5-2;1-2/h4H,1,5H2,2-3H3;1-2H3. The van der Waals surface area contributed by atoms with E-state index in [1.165, 1.54) is 6.20 Å². The van der Waals surface area contributed by atoms with Crippen molar-refractivity contribution in [1.29, 1.82) is 0 Å². The van der Waals surface area contributed by atoms with Gasteiger partial charge in [-0.05, 0) is 6.92 Å². The van der Waals surface area contributed by atoms with Crippen molar-refractivity contribution < 1.29 is 4.74 Å². The Balaban J connectivity index is 0. The summed E-state index contributed by atoms with van der Waals surface area (Å²) >= 11 is 0. The van der Waals surface area contributed by atoms with Crippen LogP contribution in [0.5, 0.6) is 0 Å². The molecule has 0 spiro atoms. The van der Waals surface area contributed by atoms with E-state index in [2.05, 4.69) is 11.6 Å². The average molecular weight is 143 g/mol. The molecule has 0 saturated heterocycles. The average Bonchev–Trinajstić information content (AvgIpc) is 1.93. The molecule has 0 aromatic carbocycles. The lowest BCUT2D eigenvalue weighted by Crippen LogP contribution is -1.96. The molecule has 0 heterocycles. The molecule has 0 radical (unpaired) electrons. The van der Waals surface area contributed by atoms with Gasteiger partial charge in [0.25, 0.3) is 0 Å². The van der Waals surface area contributed by atoms with Crippen molar-refractivity contribution in [1.82, 2.24) is 0 Å². The molecule has 0 saturated carbocycles. The molecule has 2 nitrogen and oxygen atoms in total. The Hall–Kier alpha value is -0.790. The van der Waals surface area contributed by atoms with Gasteiger partial charge in [-0.1, -0.05) is 20.4 Å². The summed E-state index contributed by atoms with van der Waals surface area (Å²) in [6.07, 6.45) is 1.46. The Labute approximate surface area is 63.6 Å². The Kier molecular flexibility index (Phi) is 13.2. The van der Waals surface area contributed by atoms with Crippen molar-refractivity contribution in [3.05, 3.63) is 12.8 Å². The van der Waals surface area contributed by atoms with Crippen molar-refractivity contribution >= 4 is 5.90 Å². The van der Waals surface area contributed by atoms with Gasteiger partial charge in [-0.25, -0.2) is 4.99 Å². The lowest BCUT2D eigenvalue weighted by molar-refractivity contribution is 0.324. The second kappa shape index (κ2) is 11.1. The first-order valence-corrected chi connectivity index (χ1v) is 3.59. The third kappa shape index (κ3) is 10.2. The Morgan fingerprint density at radius 3 is 2.40 bits per heavy atom. The second-order valence-corrected chi connectivity index (χ2v) is 1.26. The predicted octanol–water partition coefficient (Wildman–Crippen LogP) is 2.61. The van der Waals surface area contributed by atoms with Crippen LogP contribution in [0.1, 0.15) is 27.7 Å². The molecule has 0 aliphatic carbocycles. The van der Waals surface area contributed by atoms with Gasteiger partial charge in [-0.2, -0.15) is 0 Å². The number of hydrogen-bond donors (Lipinski definition) is 0. The van der Waals surface area contributed by atoms with Crippen molar-refractivity contribution in [2.24, 2.45) is 4.99 Å². The SMILES string of the molecule is C=CN=C(C)OCC.CC. The monoisotopic (exact) mass is 143 g/mol. The summed E-state index contributed by atoms with van der Waals surface area (Å²) < 4.78 is 4.96. The fourth-order valence-corrected chi connectivity index (χ4v) is 0.375. The molecule has 0 aromatic heterocycles. The van der Waals surface area contributed by atoms with Crippen molar-refractivity contribution in [3.63, 3.8) is 0 Å². The zero-order valence-electron chi connectivity index (χ0n) is 7.35. The summed E-state index contributed by atoms with van der Waals surface area (Å²) in [5.41, 5.74) is 0. The van der Waals surface area contributed by atoms with Crippen LogP contribution in [0.3, 0.4) is 0 Å². The highest BCUT2D eigenvalue weighted by molar-refractivity contribution is 5.73. The van der Waals surface area contributed by atoms with Crippen LogP contribution in [0.15, 0.2) is 17.8 Å². The van der Waals surface area contributed by atoms with E-state index in [1.54, 1.807) is 6.92 Å². The first-order valence-electron chi connectivity index (χ1n) is 3.59. The molecule has 0 amide bonds. The molecule has 0 aliphatic heterocycles. The van der Waals surface area contributed by atoms with Gasteiger partial charge in [0.15, 0.2) is 5.90 Å². The van der Waals surface area contributed by atoms with Gasteiger partial charge in [0.05, 0.1) is 6.61 Å². The van der Waals surface area contributed by atoms with Crippen LogP contribution < -0.4 is 0 Å². The maximum atomic E-state index is 4.96. The summed E-state index contributed by atoms with van der Waals surface area (Å²) in [6.45, 7) is 11.8. The van der Waals surface area contributed by atoms with E-state index in [4.69, 9.17) is 4.74 Å². The molecule has 0 rings (SSSR count). The van der Waals surface area contributed by atoms with E-state index < -0.39 is 0 Å². The van der Waals surface area contributed by atoms with Crippen LogP contribution in [0.2, 0.25) is 0 Å². The Bertz CT molecular complexity index is 97.4. The van der Waals surface area contributed by atoms with Gasteiger partial charge in [0, 0.05) is 13.1 Å². The number of rotatable bonds is 2. The minimum Gasteiger partial charge on any atom is -0.481 e. The van der Waals surface area contributed by atoms with Crippen molar-refractivity contribution in [2.75, 3.05) is 6.61 Å². The first-order chi connectivity index (χ1) is 4.81. The van der Waals surface area contributed by atoms with Gasteiger partial charge in [0.2, 0.25) is 0 Å². The molecular weight excluding hydrogens is 126 g/mol. The van der Waals surface area contributed by atoms with Gasteiger partial charge in [-0.15, -0.1) is 0 Å². The molecule has 0 N–H and O–H groups in total. The van der Waals surface area contributed by atoms with E-state index in [0.29, 0.717) is 12.5 Å². The van der Waals surface area contributed by atoms with E-state index in [1.807, 2.05) is 20.8 Å². The smallest absolute Gasteiger partial charge is 0.184 e. The van der Waals surface area contributed by atoms with Crippen LogP contribution in [0, 0.1) is 0 Å². The van der Waals surface area contributed by atoms with Gasteiger partial charge >= 0.3 is 0 Å². The summed E-state index contributed by atoms with van der Waals surface area (Å²) in [5, 5.41) is 0. The summed E-state index contributed by atoms with van der Waals surface area (Å²) in [4.78, 5) is 3.77. The lowest BCUT2D eigenvalue weighted by atomic mass is 10.7. The molecule has 0 bridgehead atoms. The van der Waals surface area contributed by atoms with E-state index in [0.717, 1.165) is 0 Å². The highest BCUT2D eigenvalue weighted by Crippen LogP contribution is 1.80. The normalized spacial score (nSPS) is 9.40. The number of aliphatic imine (C=N–C) groups is 1. The van der Waals surface area contributed by atoms with Crippen LogP contribution in [-0.2, 0) is 4.74 Å². The Morgan fingerprint density at radius 2 is 2.10 bits per heavy atom. The van der Waals surface area contributed by atoms with Crippen LogP contribution in [0.4, 0.5) is 0 Å². The zero-order valence-corrected chi connectivity index (χ0v) is 7.35. The molecule has 0 atom stereocenters. The summed E-state index contributed by atoms with van der Waals surface area (Å²) in [6, 6.07) is 0. The predicted molar refractivity (Wildman–Crippen MR) is 46.3 cm³/mol. The highest BCUT2D eigenvalue weighted by Gasteiger charge is 1.81. The first kappa shape index (κ1) is 11.9. The number of hydrogen-bond acceptors (Lipinski definition) is 2. The molecule has 0 aromatic rings. The third-order valence-electron chi connectivity index (χ3n) is 0.626. The van der Waals surface area contributed by atoms with E-state index in [-0.39, 0.29) is 0 Å². The van der Waals surface area contributed by atoms with Crippen LogP contribution in [0.25, 0.3) is 0 Å². The molecule has 10 heavy (non-hydrogen) atoms. The van der Waals surface area contributed by atoms with Gasteiger partial charge in [-0.3, -0.25) is 0 Å². The quantitative estimate of drug-likeness (QED) is 0.430. The minimum atomic E-state index is 0.669. The van der Waals surface area contributed by atoms with Crippen LogP contribution in [-0.4, -0.2) is 12.5 Å².